The molecule has 0 spiro atoms. The molecular weight excluding hydrogens is 210 g/mol. The minimum atomic E-state index is 0.574. The van der Waals surface area contributed by atoms with Gasteiger partial charge in [-0.15, -0.1) is 0 Å². The zero-order chi connectivity index (χ0) is 12.7. The third kappa shape index (κ3) is 4.97. The molecule has 0 heterocycles. The van der Waals surface area contributed by atoms with Crippen LogP contribution in [-0.2, 0) is 4.74 Å². The Kier molecular flexibility index (Phi) is 7.14. The van der Waals surface area contributed by atoms with Gasteiger partial charge in [0.1, 0.15) is 0 Å². The molecule has 17 heavy (non-hydrogen) atoms. The first kappa shape index (κ1) is 15.0. The van der Waals surface area contributed by atoms with E-state index in [-0.39, 0.29) is 0 Å². The second-order valence-electron chi connectivity index (χ2n) is 5.75. The van der Waals surface area contributed by atoms with Crippen molar-refractivity contribution in [3.05, 3.63) is 0 Å². The molecule has 2 nitrogen and oxygen atoms in total. The molecular formula is C15H31NO. The molecule has 1 aliphatic carbocycles. The molecule has 1 aliphatic rings. The number of ether oxygens (including phenoxy) is 1. The Morgan fingerprint density at radius 1 is 1.18 bits per heavy atom. The van der Waals surface area contributed by atoms with Crippen LogP contribution in [0.25, 0.3) is 0 Å². The first-order valence-electron chi connectivity index (χ1n) is 7.50. The maximum Gasteiger partial charge on any atom is 0.0622 e. The average Bonchev–Trinajstić information content (AvgIpc) is 2.33. The van der Waals surface area contributed by atoms with Gasteiger partial charge in [0.15, 0.2) is 0 Å². The molecule has 0 aliphatic heterocycles. The van der Waals surface area contributed by atoms with Crippen LogP contribution in [0.3, 0.4) is 0 Å². The molecule has 1 fully saturated rings. The van der Waals surface area contributed by atoms with Gasteiger partial charge in [0.2, 0.25) is 0 Å². The van der Waals surface area contributed by atoms with Gasteiger partial charge in [-0.3, -0.25) is 0 Å². The van der Waals surface area contributed by atoms with Gasteiger partial charge in [-0.25, -0.2) is 0 Å². The lowest BCUT2D eigenvalue weighted by Crippen LogP contribution is -2.43. The lowest BCUT2D eigenvalue weighted by atomic mass is 9.73. The second-order valence-corrected chi connectivity index (χ2v) is 5.75. The molecule has 0 aromatic heterocycles. The zero-order valence-corrected chi connectivity index (χ0v) is 12.2. The first-order chi connectivity index (χ1) is 8.19. The van der Waals surface area contributed by atoms with Gasteiger partial charge >= 0.3 is 0 Å². The van der Waals surface area contributed by atoms with E-state index in [2.05, 4.69) is 33.0 Å². The van der Waals surface area contributed by atoms with Crippen molar-refractivity contribution in [3.63, 3.8) is 0 Å². The molecule has 0 amide bonds. The first-order valence-corrected chi connectivity index (χ1v) is 7.50. The quantitative estimate of drug-likeness (QED) is 0.737. The molecule has 2 heteroatoms. The van der Waals surface area contributed by atoms with Crippen LogP contribution >= 0.6 is 0 Å². The van der Waals surface area contributed by atoms with E-state index in [9.17, 15) is 0 Å². The Balaban J connectivity index is 2.44. The van der Waals surface area contributed by atoms with E-state index in [1.165, 1.54) is 25.7 Å². The highest BCUT2D eigenvalue weighted by molar-refractivity contribution is 4.83. The number of hydrogen-bond acceptors (Lipinski definition) is 2. The normalized spacial score (nSPS) is 31.4. The Bertz CT molecular complexity index is 187. The van der Waals surface area contributed by atoms with Crippen LogP contribution in [0, 0.1) is 17.8 Å². The van der Waals surface area contributed by atoms with Crippen molar-refractivity contribution in [1.82, 2.24) is 5.32 Å². The number of nitrogens with one attached hydrogen (secondary N) is 1. The molecule has 4 atom stereocenters. The van der Waals surface area contributed by atoms with E-state index in [0.29, 0.717) is 6.04 Å². The largest absolute Gasteiger partial charge is 0.380 e. The van der Waals surface area contributed by atoms with E-state index >= 15 is 0 Å². The van der Waals surface area contributed by atoms with Gasteiger partial charge in [0, 0.05) is 12.6 Å². The van der Waals surface area contributed by atoms with E-state index < -0.39 is 0 Å². The molecule has 0 radical (unpaired) electrons. The predicted molar refractivity (Wildman–Crippen MR) is 74.2 cm³/mol. The van der Waals surface area contributed by atoms with Crippen LogP contribution in [0.1, 0.15) is 53.4 Å². The Morgan fingerprint density at radius 3 is 2.53 bits per heavy atom. The summed E-state index contributed by atoms with van der Waals surface area (Å²) in [4.78, 5) is 0. The molecule has 1 N–H and O–H groups in total. The molecule has 1 saturated carbocycles. The zero-order valence-electron chi connectivity index (χ0n) is 12.2. The van der Waals surface area contributed by atoms with Crippen LogP contribution in [0.5, 0.6) is 0 Å². The van der Waals surface area contributed by atoms with Crippen molar-refractivity contribution < 1.29 is 4.74 Å². The van der Waals surface area contributed by atoms with E-state index in [0.717, 1.165) is 37.5 Å². The van der Waals surface area contributed by atoms with Crippen LogP contribution in [0.2, 0.25) is 0 Å². The van der Waals surface area contributed by atoms with Crippen LogP contribution in [0.15, 0.2) is 0 Å². The third-order valence-electron chi connectivity index (χ3n) is 4.37. The predicted octanol–water partition coefficient (Wildman–Crippen LogP) is 3.46. The summed E-state index contributed by atoms with van der Waals surface area (Å²) in [5.41, 5.74) is 0. The summed E-state index contributed by atoms with van der Waals surface area (Å²) < 4.78 is 5.65. The highest BCUT2D eigenvalue weighted by atomic mass is 16.5. The Labute approximate surface area is 108 Å². The van der Waals surface area contributed by atoms with Crippen LogP contribution in [0.4, 0.5) is 0 Å². The molecule has 0 aromatic rings. The van der Waals surface area contributed by atoms with Crippen LogP contribution in [-0.4, -0.2) is 25.8 Å². The monoisotopic (exact) mass is 241 g/mol. The van der Waals surface area contributed by atoms with Gasteiger partial charge < -0.3 is 10.1 Å². The van der Waals surface area contributed by atoms with Gasteiger partial charge in [-0.2, -0.15) is 0 Å². The average molecular weight is 241 g/mol. The summed E-state index contributed by atoms with van der Waals surface area (Å²) in [6.07, 6.45) is 5.35. The summed E-state index contributed by atoms with van der Waals surface area (Å²) in [7, 11) is 0. The van der Waals surface area contributed by atoms with E-state index in [4.69, 9.17) is 4.74 Å². The fourth-order valence-electron chi connectivity index (χ4n) is 2.89. The topological polar surface area (TPSA) is 21.3 Å². The number of rotatable bonds is 7. The summed E-state index contributed by atoms with van der Waals surface area (Å²) >= 11 is 0. The third-order valence-corrected chi connectivity index (χ3v) is 4.37. The molecule has 102 valence electrons. The molecule has 1 rings (SSSR count). The van der Waals surface area contributed by atoms with E-state index in [1.807, 2.05) is 0 Å². The van der Waals surface area contributed by atoms with Gasteiger partial charge in [-0.05, 0) is 50.5 Å². The SMILES string of the molecule is CCCNC(COCC)C1CCC(C)C(C)C1. The van der Waals surface area contributed by atoms with Crippen molar-refractivity contribution >= 4 is 0 Å². The lowest BCUT2D eigenvalue weighted by molar-refractivity contribution is 0.0775. The highest BCUT2D eigenvalue weighted by Gasteiger charge is 2.29. The second kappa shape index (κ2) is 8.10. The van der Waals surface area contributed by atoms with Crippen molar-refractivity contribution in [1.29, 1.82) is 0 Å². The fourth-order valence-corrected chi connectivity index (χ4v) is 2.89. The summed E-state index contributed by atoms with van der Waals surface area (Å²) in [5, 5.41) is 3.68. The molecule has 4 unspecified atom stereocenters. The fraction of sp³-hybridized carbons (Fsp3) is 1.00. The molecule has 0 saturated heterocycles. The number of hydrogen-bond donors (Lipinski definition) is 1. The highest BCUT2D eigenvalue weighted by Crippen LogP contribution is 2.35. The standard InChI is InChI=1S/C15H31NO/c1-5-9-16-15(11-17-6-2)14-8-7-12(3)13(4)10-14/h12-16H,5-11H2,1-4H3. The lowest BCUT2D eigenvalue weighted by Gasteiger charge is -2.37. The van der Waals surface area contributed by atoms with E-state index in [1.54, 1.807) is 0 Å². The molecule has 0 aromatic carbocycles. The Hall–Kier alpha value is -0.0800. The Morgan fingerprint density at radius 2 is 1.94 bits per heavy atom. The van der Waals surface area contributed by atoms with Crippen molar-refractivity contribution in [2.24, 2.45) is 17.8 Å². The summed E-state index contributed by atoms with van der Waals surface area (Å²) in [6, 6.07) is 0.574. The van der Waals surface area contributed by atoms with Crippen molar-refractivity contribution in [2.45, 2.75) is 59.4 Å². The maximum atomic E-state index is 5.65. The minimum absolute atomic E-state index is 0.574. The van der Waals surface area contributed by atoms with Gasteiger partial charge in [0.05, 0.1) is 6.61 Å². The van der Waals surface area contributed by atoms with Crippen molar-refractivity contribution in [3.8, 4) is 0 Å². The maximum absolute atomic E-state index is 5.65. The molecule has 0 bridgehead atoms. The van der Waals surface area contributed by atoms with Gasteiger partial charge in [0.25, 0.3) is 0 Å². The van der Waals surface area contributed by atoms with Crippen molar-refractivity contribution in [2.75, 3.05) is 19.8 Å². The smallest absolute Gasteiger partial charge is 0.0622 e. The summed E-state index contributed by atoms with van der Waals surface area (Å²) in [6.45, 7) is 12.0. The van der Waals surface area contributed by atoms with Gasteiger partial charge in [-0.1, -0.05) is 27.2 Å². The van der Waals surface area contributed by atoms with Crippen LogP contribution < -0.4 is 5.32 Å². The summed E-state index contributed by atoms with van der Waals surface area (Å²) in [5.74, 6) is 2.60. The minimum Gasteiger partial charge on any atom is -0.380 e.